The lowest BCUT2D eigenvalue weighted by Gasteiger charge is -2.12. The Morgan fingerprint density at radius 2 is 2.07 bits per heavy atom. The molecule has 2 aromatic heterocycles. The van der Waals surface area contributed by atoms with E-state index < -0.39 is 5.97 Å². The number of esters is 1. The highest BCUT2D eigenvalue weighted by Gasteiger charge is 2.16. The molecule has 2 heterocycles. The monoisotopic (exact) mass is 447 g/mol. The summed E-state index contributed by atoms with van der Waals surface area (Å²) in [6, 6.07) is 8.43. The van der Waals surface area contributed by atoms with Crippen LogP contribution in [0.5, 0.6) is 0 Å². The number of rotatable bonds is 9. The second-order valence-electron chi connectivity index (χ2n) is 6.08. The molecular formula is C20H21N3O5S2. The number of carbonyl (C=O) groups excluding carboxylic acids is 2. The van der Waals surface area contributed by atoms with Gasteiger partial charge < -0.3 is 14.8 Å². The summed E-state index contributed by atoms with van der Waals surface area (Å²) in [5, 5.41) is 4.99. The average molecular weight is 448 g/mol. The molecule has 158 valence electrons. The molecule has 0 spiro atoms. The number of amides is 1. The van der Waals surface area contributed by atoms with Crippen LogP contribution in [0.1, 0.15) is 17.3 Å². The van der Waals surface area contributed by atoms with Crippen molar-refractivity contribution in [2.24, 2.45) is 0 Å². The van der Waals surface area contributed by atoms with E-state index in [-0.39, 0.29) is 29.4 Å². The second kappa shape index (κ2) is 10.4. The van der Waals surface area contributed by atoms with E-state index in [0.29, 0.717) is 34.2 Å². The van der Waals surface area contributed by atoms with Gasteiger partial charge in [-0.05, 0) is 30.5 Å². The number of carbonyl (C=O) groups is 2. The minimum Gasteiger partial charge on any atom is -0.462 e. The Morgan fingerprint density at radius 1 is 1.27 bits per heavy atom. The number of hydrogen-bond acceptors (Lipinski definition) is 8. The Kier molecular flexibility index (Phi) is 7.61. The number of methoxy groups -OCH3 is 1. The van der Waals surface area contributed by atoms with E-state index in [4.69, 9.17) is 9.47 Å². The first-order valence-electron chi connectivity index (χ1n) is 9.21. The number of benzene rings is 1. The summed E-state index contributed by atoms with van der Waals surface area (Å²) in [6.45, 7) is 2.65. The molecule has 0 radical (unpaired) electrons. The lowest BCUT2D eigenvalue weighted by Crippen LogP contribution is -2.25. The molecule has 0 unspecified atom stereocenters. The molecule has 3 rings (SSSR count). The van der Waals surface area contributed by atoms with Crippen LogP contribution >= 0.6 is 23.1 Å². The topological polar surface area (TPSA) is 99.5 Å². The summed E-state index contributed by atoms with van der Waals surface area (Å²) in [7, 11) is 1.56. The van der Waals surface area contributed by atoms with Crippen molar-refractivity contribution in [2.75, 3.05) is 31.4 Å². The van der Waals surface area contributed by atoms with E-state index >= 15 is 0 Å². The lowest BCUT2D eigenvalue weighted by atomic mass is 10.2. The van der Waals surface area contributed by atoms with Gasteiger partial charge in [0.15, 0.2) is 5.16 Å². The Bertz CT molecular complexity index is 1110. The fraction of sp³-hybridized carbons (Fsp3) is 0.300. The maximum absolute atomic E-state index is 12.7. The number of nitrogens with zero attached hydrogens (tertiary/aromatic N) is 2. The number of nitrogens with one attached hydrogen (secondary N) is 1. The van der Waals surface area contributed by atoms with Crippen molar-refractivity contribution in [1.82, 2.24) is 9.55 Å². The van der Waals surface area contributed by atoms with Gasteiger partial charge in [-0.25, -0.2) is 9.78 Å². The lowest BCUT2D eigenvalue weighted by molar-refractivity contribution is -0.113. The van der Waals surface area contributed by atoms with Crippen LogP contribution in [0.2, 0.25) is 0 Å². The van der Waals surface area contributed by atoms with Crippen LogP contribution in [0.15, 0.2) is 45.7 Å². The van der Waals surface area contributed by atoms with Gasteiger partial charge in [-0.15, -0.1) is 11.3 Å². The molecule has 1 N–H and O–H groups in total. The first-order chi connectivity index (χ1) is 14.5. The number of hydrogen-bond donors (Lipinski definition) is 1. The van der Waals surface area contributed by atoms with Crippen LogP contribution in [-0.2, 0) is 20.8 Å². The van der Waals surface area contributed by atoms with Crippen molar-refractivity contribution >= 4 is 50.9 Å². The normalized spacial score (nSPS) is 10.9. The third-order valence-corrected chi connectivity index (χ3v) is 5.95. The third-order valence-electron chi connectivity index (χ3n) is 4.08. The molecule has 0 aliphatic heterocycles. The second-order valence-corrected chi connectivity index (χ2v) is 7.94. The predicted octanol–water partition coefficient (Wildman–Crippen LogP) is 3.01. The number of anilines is 1. The van der Waals surface area contributed by atoms with Gasteiger partial charge >= 0.3 is 5.97 Å². The quantitative estimate of drug-likeness (QED) is 0.306. The molecule has 0 aliphatic rings. The van der Waals surface area contributed by atoms with Gasteiger partial charge in [0.1, 0.15) is 4.70 Å². The number of para-hydroxylation sites is 1. The zero-order chi connectivity index (χ0) is 21.5. The van der Waals surface area contributed by atoms with E-state index in [1.807, 2.05) is 5.38 Å². The molecule has 0 saturated heterocycles. The maximum Gasteiger partial charge on any atom is 0.340 e. The average Bonchev–Trinajstić information content (AvgIpc) is 3.21. The molecule has 0 atom stereocenters. The van der Waals surface area contributed by atoms with E-state index in [1.165, 1.54) is 15.9 Å². The van der Waals surface area contributed by atoms with Gasteiger partial charge in [-0.3, -0.25) is 14.2 Å². The van der Waals surface area contributed by atoms with Crippen LogP contribution in [-0.4, -0.2) is 47.5 Å². The summed E-state index contributed by atoms with van der Waals surface area (Å²) in [6.07, 6.45) is 0. The molecule has 0 saturated carbocycles. The summed E-state index contributed by atoms with van der Waals surface area (Å²) >= 11 is 2.49. The first kappa shape index (κ1) is 22.0. The number of aromatic nitrogens is 2. The molecule has 0 fully saturated rings. The van der Waals surface area contributed by atoms with Crippen LogP contribution in [0.25, 0.3) is 10.2 Å². The van der Waals surface area contributed by atoms with Gasteiger partial charge in [0.2, 0.25) is 5.91 Å². The van der Waals surface area contributed by atoms with Gasteiger partial charge in [0, 0.05) is 7.11 Å². The van der Waals surface area contributed by atoms with Crippen molar-refractivity contribution < 1.29 is 19.1 Å². The molecule has 8 nitrogen and oxygen atoms in total. The van der Waals surface area contributed by atoms with Crippen molar-refractivity contribution in [3.63, 3.8) is 0 Å². The summed E-state index contributed by atoms with van der Waals surface area (Å²) in [5.74, 6) is -0.805. The van der Waals surface area contributed by atoms with Crippen molar-refractivity contribution in [1.29, 1.82) is 0 Å². The summed E-state index contributed by atoms with van der Waals surface area (Å²) < 4.78 is 12.2. The molecule has 1 aromatic carbocycles. The standard InChI is InChI=1S/C20H21N3O5S2/c1-3-28-19(26)13-6-4-5-7-14(13)21-16(24)12-30-20-22-15-8-11-29-17(15)18(25)23(20)9-10-27-2/h4-8,11H,3,9-10,12H2,1-2H3,(H,21,24). The number of thiophene rings is 1. The minimum absolute atomic E-state index is 0.0201. The summed E-state index contributed by atoms with van der Waals surface area (Å²) in [5.41, 5.74) is 1.11. The number of ether oxygens (including phenoxy) is 2. The van der Waals surface area contributed by atoms with Crippen LogP contribution in [0, 0.1) is 0 Å². The van der Waals surface area contributed by atoms with Gasteiger partial charge in [-0.2, -0.15) is 0 Å². The van der Waals surface area contributed by atoms with Gasteiger partial charge in [0.25, 0.3) is 5.56 Å². The highest BCUT2D eigenvalue weighted by molar-refractivity contribution is 7.99. The predicted molar refractivity (Wildman–Crippen MR) is 118 cm³/mol. The Labute approximate surface area is 181 Å². The zero-order valence-corrected chi connectivity index (χ0v) is 18.2. The van der Waals surface area contributed by atoms with Crippen LogP contribution in [0.3, 0.4) is 0 Å². The smallest absolute Gasteiger partial charge is 0.340 e. The molecule has 30 heavy (non-hydrogen) atoms. The molecule has 1 amide bonds. The van der Waals surface area contributed by atoms with E-state index in [0.717, 1.165) is 11.8 Å². The Balaban J connectivity index is 1.76. The van der Waals surface area contributed by atoms with E-state index in [9.17, 15) is 14.4 Å². The Morgan fingerprint density at radius 3 is 2.83 bits per heavy atom. The van der Waals surface area contributed by atoms with Crippen molar-refractivity contribution in [3.05, 3.63) is 51.6 Å². The fourth-order valence-electron chi connectivity index (χ4n) is 2.71. The van der Waals surface area contributed by atoms with Gasteiger partial charge in [0.05, 0.1) is 42.3 Å². The van der Waals surface area contributed by atoms with Crippen LogP contribution < -0.4 is 10.9 Å². The minimum atomic E-state index is -0.501. The SMILES string of the molecule is CCOC(=O)c1ccccc1NC(=O)CSc1nc2ccsc2c(=O)n1CCOC. The molecule has 10 heteroatoms. The molecule has 0 aliphatic carbocycles. The number of fused-ring (bicyclic) bond motifs is 1. The summed E-state index contributed by atoms with van der Waals surface area (Å²) in [4.78, 5) is 41.9. The first-order valence-corrected chi connectivity index (χ1v) is 11.1. The largest absolute Gasteiger partial charge is 0.462 e. The van der Waals surface area contributed by atoms with E-state index in [1.54, 1.807) is 44.4 Å². The fourth-order valence-corrected chi connectivity index (χ4v) is 4.31. The van der Waals surface area contributed by atoms with Crippen molar-refractivity contribution in [2.45, 2.75) is 18.6 Å². The maximum atomic E-state index is 12.7. The van der Waals surface area contributed by atoms with E-state index in [2.05, 4.69) is 10.3 Å². The van der Waals surface area contributed by atoms with Gasteiger partial charge in [-0.1, -0.05) is 23.9 Å². The third kappa shape index (κ3) is 5.07. The highest BCUT2D eigenvalue weighted by atomic mass is 32.2. The molecule has 0 bridgehead atoms. The molecule has 3 aromatic rings. The van der Waals surface area contributed by atoms with Crippen molar-refractivity contribution in [3.8, 4) is 0 Å². The number of thioether (sulfide) groups is 1. The Hall–Kier alpha value is -2.69. The molecular weight excluding hydrogens is 426 g/mol. The zero-order valence-electron chi connectivity index (χ0n) is 16.5. The van der Waals surface area contributed by atoms with Crippen LogP contribution in [0.4, 0.5) is 5.69 Å². The highest BCUT2D eigenvalue weighted by Crippen LogP contribution is 2.22.